The number of hydrogen-bond donors (Lipinski definition) is 4. The van der Waals surface area contributed by atoms with Crippen molar-refractivity contribution in [2.24, 2.45) is 0 Å². The van der Waals surface area contributed by atoms with Gasteiger partial charge in [0.05, 0.1) is 27.3 Å². The topological polar surface area (TPSA) is 83.5 Å². The van der Waals surface area contributed by atoms with E-state index in [0.717, 1.165) is 9.80 Å². The number of halogens is 2. The highest BCUT2D eigenvalue weighted by atomic mass is 35.5. The molecule has 0 radical (unpaired) electrons. The number of carbonyl (C=O) groups excluding carboxylic acids is 2. The quantitative estimate of drug-likeness (QED) is 0.303. The van der Waals surface area contributed by atoms with Gasteiger partial charge >= 0.3 is 0 Å². The Balaban J connectivity index is -0.00000144. The Bertz CT molecular complexity index is 242. The number of quaternary nitrogens is 2. The molecule has 2 atom stereocenters. The maximum Gasteiger partial charge on any atom is 0.187 e. The minimum Gasteiger partial charge on any atom is -1.00 e. The summed E-state index contributed by atoms with van der Waals surface area (Å²) in [6, 6.07) is 0. The zero-order chi connectivity index (χ0) is 14.0. The maximum atomic E-state index is 11.5. The highest BCUT2D eigenvalue weighted by Crippen LogP contribution is 1.90. The molecule has 2 unspecified atom stereocenters. The number of hydrogen-bond acceptors (Lipinski definition) is 4. The summed E-state index contributed by atoms with van der Waals surface area (Å²) < 4.78 is 0. The molecule has 0 aromatic carbocycles. The van der Waals surface area contributed by atoms with Gasteiger partial charge in [0, 0.05) is 12.8 Å². The summed E-state index contributed by atoms with van der Waals surface area (Å²) in [5.74, 6) is 0.100. The van der Waals surface area contributed by atoms with Gasteiger partial charge in [-0.1, -0.05) is 0 Å². The van der Waals surface area contributed by atoms with Crippen molar-refractivity contribution in [1.82, 2.24) is 0 Å². The molecule has 6 nitrogen and oxygen atoms in total. The van der Waals surface area contributed by atoms with E-state index in [1.165, 1.54) is 0 Å². The van der Waals surface area contributed by atoms with Crippen molar-refractivity contribution in [3.8, 4) is 0 Å². The number of aliphatic hydroxyl groups excluding tert-OH is 2. The summed E-state index contributed by atoms with van der Waals surface area (Å²) in [6.07, 6.45) is 0.544. The van der Waals surface area contributed by atoms with Crippen molar-refractivity contribution in [1.29, 1.82) is 0 Å². The monoisotopic (exact) mass is 332 g/mol. The van der Waals surface area contributed by atoms with Gasteiger partial charge in [0.2, 0.25) is 0 Å². The van der Waals surface area contributed by atoms with Gasteiger partial charge in [-0.05, 0) is 0 Å². The Labute approximate surface area is 132 Å². The van der Waals surface area contributed by atoms with E-state index in [2.05, 4.69) is 0 Å². The van der Waals surface area contributed by atoms with Crippen molar-refractivity contribution in [3.63, 3.8) is 0 Å². The van der Waals surface area contributed by atoms with Crippen LogP contribution in [-0.2, 0) is 9.59 Å². The second-order valence-electron chi connectivity index (χ2n) is 4.79. The molecule has 122 valence electrons. The van der Waals surface area contributed by atoms with Gasteiger partial charge < -0.3 is 44.8 Å². The van der Waals surface area contributed by atoms with Crippen LogP contribution < -0.4 is 34.6 Å². The van der Waals surface area contributed by atoms with Crippen LogP contribution in [0, 0.1) is 0 Å². The Hall–Kier alpha value is -0.240. The molecule has 0 bridgehead atoms. The summed E-state index contributed by atoms with van der Waals surface area (Å²) in [5.41, 5.74) is 0. The Morgan fingerprint density at radius 2 is 1.10 bits per heavy atom. The molecule has 0 aliphatic carbocycles. The molecule has 0 fully saturated rings. The summed E-state index contributed by atoms with van der Waals surface area (Å²) in [6.45, 7) is 1.92. The zero-order valence-corrected chi connectivity index (χ0v) is 13.6. The van der Waals surface area contributed by atoms with Gasteiger partial charge in [-0.2, -0.15) is 0 Å². The largest absolute Gasteiger partial charge is 1.00 e. The second-order valence-corrected chi connectivity index (χ2v) is 4.79. The predicted octanol–water partition coefficient (Wildman–Crippen LogP) is -10.1. The average Bonchev–Trinajstić information content (AvgIpc) is 2.27. The SMILES string of the molecule is C[NH+](CCO)CC(=O)CCC(=O)C[NH+](C)CCO.[Cl-].[Cl-]. The Morgan fingerprint density at radius 1 is 0.800 bits per heavy atom. The van der Waals surface area contributed by atoms with Crippen LogP contribution in [0.2, 0.25) is 0 Å². The number of rotatable bonds is 11. The van der Waals surface area contributed by atoms with Crippen molar-refractivity contribution in [2.45, 2.75) is 12.8 Å². The lowest BCUT2D eigenvalue weighted by Crippen LogP contribution is -3.10. The maximum absolute atomic E-state index is 11.5. The summed E-state index contributed by atoms with van der Waals surface area (Å²) in [5, 5.41) is 17.4. The molecule has 0 aromatic heterocycles. The number of likely N-dealkylation sites (N-methyl/N-ethyl adjacent to an activating group) is 2. The minimum atomic E-state index is 0. The third-order valence-electron chi connectivity index (χ3n) is 2.76. The fraction of sp³-hybridized carbons (Fsp3) is 0.833. The fourth-order valence-corrected chi connectivity index (χ4v) is 1.69. The minimum absolute atomic E-state index is 0. The molecule has 0 rings (SSSR count). The molecule has 0 aliphatic rings. The predicted molar refractivity (Wildman–Crippen MR) is 66.7 cm³/mol. The van der Waals surface area contributed by atoms with E-state index < -0.39 is 0 Å². The van der Waals surface area contributed by atoms with E-state index in [4.69, 9.17) is 10.2 Å². The fourth-order valence-electron chi connectivity index (χ4n) is 1.69. The molecule has 20 heavy (non-hydrogen) atoms. The highest BCUT2D eigenvalue weighted by Gasteiger charge is 2.14. The number of ketones is 2. The third kappa shape index (κ3) is 14.2. The van der Waals surface area contributed by atoms with E-state index in [9.17, 15) is 9.59 Å². The molecule has 0 spiro atoms. The molecule has 0 aromatic rings. The van der Waals surface area contributed by atoms with Crippen molar-refractivity contribution in [3.05, 3.63) is 0 Å². The number of nitrogens with one attached hydrogen (secondary N) is 2. The lowest BCUT2D eigenvalue weighted by atomic mass is 10.1. The van der Waals surface area contributed by atoms with Gasteiger partial charge in [-0.15, -0.1) is 0 Å². The van der Waals surface area contributed by atoms with Crippen LogP contribution in [0.5, 0.6) is 0 Å². The third-order valence-corrected chi connectivity index (χ3v) is 2.76. The Morgan fingerprint density at radius 3 is 1.35 bits per heavy atom. The van der Waals surface area contributed by atoms with Crippen LogP contribution in [0.1, 0.15) is 12.8 Å². The van der Waals surface area contributed by atoms with Gasteiger partial charge in [0.1, 0.15) is 26.2 Å². The van der Waals surface area contributed by atoms with Gasteiger partial charge in [-0.3, -0.25) is 9.59 Å². The molecule has 8 heteroatoms. The number of aliphatic hydroxyl groups is 2. The standard InChI is InChI=1S/C12H24N2O4.2ClH/c1-13(5-7-15)9-11(17)3-4-12(18)10-14(2)6-8-16;;/h15-16H,3-10H2,1-2H3;2*1H. The van der Waals surface area contributed by atoms with Crippen molar-refractivity contribution >= 4 is 11.6 Å². The first-order chi connectivity index (χ1) is 8.49. The van der Waals surface area contributed by atoms with Gasteiger partial charge in [-0.25, -0.2) is 0 Å². The van der Waals surface area contributed by atoms with Crippen LogP contribution in [0.25, 0.3) is 0 Å². The lowest BCUT2D eigenvalue weighted by Gasteiger charge is -2.12. The van der Waals surface area contributed by atoms with Crippen LogP contribution in [-0.4, -0.2) is 75.3 Å². The first-order valence-corrected chi connectivity index (χ1v) is 6.37. The number of Topliss-reactive ketones (excluding diaryl/α,β-unsaturated/α-hetero) is 2. The summed E-state index contributed by atoms with van der Waals surface area (Å²) in [4.78, 5) is 25.0. The van der Waals surface area contributed by atoms with E-state index >= 15 is 0 Å². The molecular weight excluding hydrogens is 307 g/mol. The van der Waals surface area contributed by atoms with E-state index in [-0.39, 0.29) is 62.4 Å². The normalized spacial score (nSPS) is 12.8. The molecule has 0 saturated heterocycles. The molecule has 0 amide bonds. The van der Waals surface area contributed by atoms with E-state index in [1.807, 2.05) is 14.1 Å². The van der Waals surface area contributed by atoms with E-state index in [0.29, 0.717) is 26.2 Å². The molecule has 0 aliphatic heterocycles. The second kappa shape index (κ2) is 15.2. The molecule has 0 saturated carbocycles. The Kier molecular flexibility index (Phi) is 18.8. The van der Waals surface area contributed by atoms with Crippen LogP contribution in [0.15, 0.2) is 0 Å². The summed E-state index contributed by atoms with van der Waals surface area (Å²) in [7, 11) is 3.68. The number of carbonyl (C=O) groups is 2. The molecular formula is C12H26Cl2N2O4. The smallest absolute Gasteiger partial charge is 0.187 e. The molecule has 4 N–H and O–H groups in total. The first kappa shape index (κ1) is 24.8. The van der Waals surface area contributed by atoms with Crippen LogP contribution in [0.4, 0.5) is 0 Å². The highest BCUT2D eigenvalue weighted by molar-refractivity contribution is 5.86. The van der Waals surface area contributed by atoms with Crippen LogP contribution in [0.3, 0.4) is 0 Å². The van der Waals surface area contributed by atoms with Gasteiger partial charge in [0.15, 0.2) is 11.6 Å². The van der Waals surface area contributed by atoms with Gasteiger partial charge in [0.25, 0.3) is 0 Å². The van der Waals surface area contributed by atoms with Crippen molar-refractivity contribution < 1.29 is 54.4 Å². The summed E-state index contributed by atoms with van der Waals surface area (Å²) >= 11 is 0. The lowest BCUT2D eigenvalue weighted by molar-refractivity contribution is -0.871. The van der Waals surface area contributed by atoms with Crippen molar-refractivity contribution in [2.75, 3.05) is 53.5 Å². The zero-order valence-electron chi connectivity index (χ0n) is 12.1. The van der Waals surface area contributed by atoms with E-state index in [1.54, 1.807) is 0 Å². The van der Waals surface area contributed by atoms with Crippen LogP contribution >= 0.6 is 0 Å². The average molecular weight is 333 g/mol. The molecule has 0 heterocycles. The first-order valence-electron chi connectivity index (χ1n) is 6.37.